The van der Waals surface area contributed by atoms with Gasteiger partial charge in [-0.25, -0.2) is 4.98 Å². The maximum absolute atomic E-state index is 5.93. The van der Waals surface area contributed by atoms with E-state index < -0.39 is 0 Å². The molecule has 2 rings (SSSR count). The van der Waals surface area contributed by atoms with Crippen molar-refractivity contribution in [3.8, 4) is 10.6 Å². The Labute approximate surface area is 101 Å². The number of thiophene rings is 1. The minimum Gasteiger partial charge on any atom is -0.389 e. The molecule has 0 fully saturated rings. The van der Waals surface area contributed by atoms with E-state index in [2.05, 4.69) is 11.6 Å². The topological polar surface area (TPSA) is 38.9 Å². The first-order valence-electron chi connectivity index (χ1n) is 4.35. The van der Waals surface area contributed by atoms with Crippen molar-refractivity contribution in [2.45, 2.75) is 4.34 Å². The maximum atomic E-state index is 5.93. The largest absolute Gasteiger partial charge is 0.389 e. The number of nitrogen functional groups attached to an aromatic ring is 1. The lowest BCUT2D eigenvalue weighted by atomic mass is 10.4. The van der Waals surface area contributed by atoms with Gasteiger partial charge >= 0.3 is 0 Å². The van der Waals surface area contributed by atoms with Crippen LogP contribution in [-0.4, -0.2) is 10.7 Å². The van der Waals surface area contributed by atoms with E-state index in [0.717, 1.165) is 25.7 Å². The lowest BCUT2D eigenvalue weighted by Gasteiger charge is -1.90. The van der Waals surface area contributed by atoms with Gasteiger partial charge in [0.1, 0.15) is 10.7 Å². The summed E-state index contributed by atoms with van der Waals surface area (Å²) in [5, 5.41) is 2.83. The van der Waals surface area contributed by atoms with E-state index >= 15 is 0 Å². The molecule has 0 spiro atoms. The minimum atomic E-state index is 0.795. The summed E-state index contributed by atoms with van der Waals surface area (Å²) in [6.07, 6.45) is 1.87. The first-order chi connectivity index (χ1) is 7.31. The van der Waals surface area contributed by atoms with E-state index in [1.165, 1.54) is 0 Å². The van der Waals surface area contributed by atoms with E-state index in [9.17, 15) is 0 Å². The zero-order chi connectivity index (χ0) is 10.7. The number of thiazole rings is 1. The molecule has 2 nitrogen and oxygen atoms in total. The number of hydrogen-bond donors (Lipinski definition) is 1. The number of hydrogen-bond acceptors (Lipinski definition) is 5. The molecule has 0 bridgehead atoms. The van der Waals surface area contributed by atoms with Gasteiger partial charge < -0.3 is 5.73 Å². The van der Waals surface area contributed by atoms with Crippen LogP contribution in [0.3, 0.4) is 0 Å². The average molecular weight is 254 g/mol. The Kier molecular flexibility index (Phi) is 3.45. The van der Waals surface area contributed by atoms with Gasteiger partial charge in [0.2, 0.25) is 0 Å². The van der Waals surface area contributed by atoms with Gasteiger partial charge in [-0.15, -0.1) is 17.9 Å². The van der Waals surface area contributed by atoms with Crippen LogP contribution < -0.4 is 5.73 Å². The predicted molar refractivity (Wildman–Crippen MR) is 70.8 cm³/mol. The van der Waals surface area contributed by atoms with Crippen molar-refractivity contribution in [1.82, 2.24) is 4.98 Å². The molecule has 0 aromatic carbocycles. The fourth-order valence-corrected chi connectivity index (χ4v) is 3.59. The second-order valence-electron chi connectivity index (χ2n) is 2.77. The van der Waals surface area contributed by atoms with Gasteiger partial charge in [-0.1, -0.05) is 35.2 Å². The standard InChI is InChI=1S/C10H10N2S3/c1-2-5-14-10-12-8(9(11)15-10)7-4-3-6-13-7/h2-4,6H,1,5,11H2. The van der Waals surface area contributed by atoms with Gasteiger partial charge in [-0.2, -0.15) is 0 Å². The van der Waals surface area contributed by atoms with Crippen LogP contribution >= 0.6 is 34.4 Å². The predicted octanol–water partition coefficient (Wildman–Crippen LogP) is 3.73. The van der Waals surface area contributed by atoms with Crippen molar-refractivity contribution in [2.24, 2.45) is 0 Å². The molecule has 0 atom stereocenters. The molecule has 2 aromatic rings. The fraction of sp³-hybridized carbons (Fsp3) is 0.100. The molecule has 0 aliphatic rings. The third-order valence-corrected chi connectivity index (χ3v) is 4.61. The van der Waals surface area contributed by atoms with Crippen LogP contribution in [0.1, 0.15) is 0 Å². The first-order valence-corrected chi connectivity index (χ1v) is 7.03. The van der Waals surface area contributed by atoms with Crippen LogP contribution in [-0.2, 0) is 0 Å². The number of rotatable bonds is 4. The van der Waals surface area contributed by atoms with Gasteiger partial charge in [0.15, 0.2) is 4.34 Å². The van der Waals surface area contributed by atoms with Crippen LogP contribution in [0.2, 0.25) is 0 Å². The van der Waals surface area contributed by atoms with Crippen molar-refractivity contribution < 1.29 is 0 Å². The molecule has 0 saturated heterocycles. The molecule has 15 heavy (non-hydrogen) atoms. The highest BCUT2D eigenvalue weighted by atomic mass is 32.2. The van der Waals surface area contributed by atoms with Crippen LogP contribution in [0, 0.1) is 0 Å². The molecule has 5 heteroatoms. The molecule has 0 aliphatic carbocycles. The molecule has 2 aromatic heterocycles. The lowest BCUT2D eigenvalue weighted by molar-refractivity contribution is 1.26. The maximum Gasteiger partial charge on any atom is 0.152 e. The van der Waals surface area contributed by atoms with E-state index in [4.69, 9.17) is 5.73 Å². The second kappa shape index (κ2) is 4.83. The number of nitrogens with zero attached hydrogens (tertiary/aromatic N) is 1. The van der Waals surface area contributed by atoms with Crippen molar-refractivity contribution in [1.29, 1.82) is 0 Å². The Hall–Kier alpha value is -0.780. The Morgan fingerprint density at radius 1 is 1.60 bits per heavy atom. The van der Waals surface area contributed by atoms with Gasteiger partial charge in [0, 0.05) is 5.75 Å². The van der Waals surface area contributed by atoms with Crippen molar-refractivity contribution in [3.63, 3.8) is 0 Å². The van der Waals surface area contributed by atoms with E-state index in [1.54, 1.807) is 34.4 Å². The molecule has 0 saturated carbocycles. The highest BCUT2D eigenvalue weighted by Crippen LogP contribution is 2.37. The first kappa shape index (κ1) is 10.7. The third-order valence-electron chi connectivity index (χ3n) is 1.71. The molecule has 0 amide bonds. The normalized spacial score (nSPS) is 10.4. The molecule has 78 valence electrons. The van der Waals surface area contributed by atoms with Crippen LogP contribution in [0.4, 0.5) is 5.00 Å². The fourth-order valence-electron chi connectivity index (χ4n) is 1.09. The molecule has 0 aliphatic heterocycles. The summed E-state index contributed by atoms with van der Waals surface area (Å²) in [6, 6.07) is 4.05. The summed E-state index contributed by atoms with van der Waals surface area (Å²) in [4.78, 5) is 5.64. The molecular weight excluding hydrogens is 244 g/mol. The minimum absolute atomic E-state index is 0.795. The summed E-state index contributed by atoms with van der Waals surface area (Å²) in [7, 11) is 0. The number of nitrogens with two attached hydrogens (primary N) is 1. The zero-order valence-corrected chi connectivity index (χ0v) is 10.4. The summed E-state index contributed by atoms with van der Waals surface area (Å²) >= 11 is 4.87. The monoisotopic (exact) mass is 254 g/mol. The van der Waals surface area contributed by atoms with Crippen LogP contribution in [0.5, 0.6) is 0 Å². The highest BCUT2D eigenvalue weighted by molar-refractivity contribution is 8.01. The quantitative estimate of drug-likeness (QED) is 0.667. The molecule has 2 heterocycles. The van der Waals surface area contributed by atoms with Gasteiger partial charge in [0.25, 0.3) is 0 Å². The molecule has 0 unspecified atom stereocenters. The van der Waals surface area contributed by atoms with E-state index in [-0.39, 0.29) is 0 Å². The van der Waals surface area contributed by atoms with Crippen molar-refractivity contribution in [2.75, 3.05) is 11.5 Å². The zero-order valence-electron chi connectivity index (χ0n) is 7.97. The van der Waals surface area contributed by atoms with Gasteiger partial charge in [-0.05, 0) is 11.4 Å². The summed E-state index contributed by atoms with van der Waals surface area (Å²) in [6.45, 7) is 3.68. The summed E-state index contributed by atoms with van der Waals surface area (Å²) < 4.78 is 1.01. The molecule has 2 N–H and O–H groups in total. The van der Waals surface area contributed by atoms with Crippen LogP contribution in [0.15, 0.2) is 34.5 Å². The van der Waals surface area contributed by atoms with E-state index in [0.29, 0.717) is 0 Å². The van der Waals surface area contributed by atoms with Crippen molar-refractivity contribution in [3.05, 3.63) is 30.2 Å². The highest BCUT2D eigenvalue weighted by Gasteiger charge is 2.10. The van der Waals surface area contributed by atoms with Gasteiger partial charge in [-0.3, -0.25) is 0 Å². The lowest BCUT2D eigenvalue weighted by Crippen LogP contribution is -1.82. The molecule has 0 radical (unpaired) electrons. The van der Waals surface area contributed by atoms with Crippen LogP contribution in [0.25, 0.3) is 10.6 Å². The smallest absolute Gasteiger partial charge is 0.152 e. The SMILES string of the molecule is C=CCSc1nc(-c2cccs2)c(N)s1. The third kappa shape index (κ3) is 2.42. The van der Waals surface area contributed by atoms with Gasteiger partial charge in [0.05, 0.1) is 4.88 Å². The summed E-state index contributed by atoms with van der Waals surface area (Å²) in [5.74, 6) is 0.872. The Bertz CT molecular complexity index is 445. The van der Waals surface area contributed by atoms with E-state index in [1.807, 2.05) is 23.6 Å². The Balaban J connectivity index is 2.26. The summed E-state index contributed by atoms with van der Waals surface area (Å²) in [5.41, 5.74) is 6.85. The number of anilines is 1. The Morgan fingerprint density at radius 3 is 3.13 bits per heavy atom. The average Bonchev–Trinajstić information content (AvgIpc) is 2.83. The number of aromatic nitrogens is 1. The molecular formula is C10H10N2S3. The second-order valence-corrected chi connectivity index (χ2v) is 6.02. The van der Waals surface area contributed by atoms with Crippen molar-refractivity contribution >= 4 is 39.4 Å². The Morgan fingerprint density at radius 2 is 2.47 bits per heavy atom. The number of thioether (sulfide) groups is 1.